The molecular formula is C8H10O8S2. The van der Waals surface area contributed by atoms with E-state index in [0.29, 0.717) is 0 Å². The van der Waals surface area contributed by atoms with E-state index in [1.165, 1.54) is 0 Å². The molecule has 0 heterocycles. The predicted octanol–water partition coefficient (Wildman–Crippen LogP) is -0.556. The van der Waals surface area contributed by atoms with Crippen LogP contribution in [0, 0.1) is 0 Å². The Hall–Kier alpha value is -1.04. The van der Waals surface area contributed by atoms with Crippen LogP contribution in [0.2, 0.25) is 0 Å². The van der Waals surface area contributed by atoms with E-state index in [1.54, 1.807) is 0 Å². The highest BCUT2D eigenvalue weighted by molar-refractivity contribution is 7.86. The molecule has 0 amide bonds. The molecule has 0 aliphatic heterocycles. The molecule has 8 nitrogen and oxygen atoms in total. The fraction of sp³-hybridized carbons (Fsp3) is 0.250. The van der Waals surface area contributed by atoms with Crippen LogP contribution in [0.5, 0.6) is 0 Å². The minimum atomic E-state index is -4.77. The summed E-state index contributed by atoms with van der Waals surface area (Å²) in [7, 11) is -9.54. The van der Waals surface area contributed by atoms with Crippen LogP contribution in [0.4, 0.5) is 0 Å². The molecule has 18 heavy (non-hydrogen) atoms. The number of aliphatic hydroxyl groups excluding tert-OH is 2. The molecule has 10 heteroatoms. The van der Waals surface area contributed by atoms with Crippen LogP contribution >= 0.6 is 0 Å². The fourth-order valence-electron chi connectivity index (χ4n) is 1.21. The van der Waals surface area contributed by atoms with Crippen molar-refractivity contribution in [1.29, 1.82) is 0 Å². The molecule has 0 aliphatic rings. The Morgan fingerprint density at radius 3 is 1.44 bits per heavy atom. The van der Waals surface area contributed by atoms with Crippen LogP contribution < -0.4 is 0 Å². The van der Waals surface area contributed by atoms with Gasteiger partial charge in [-0.15, -0.1) is 0 Å². The van der Waals surface area contributed by atoms with Gasteiger partial charge in [0, 0.05) is 0 Å². The van der Waals surface area contributed by atoms with E-state index < -0.39 is 31.1 Å². The van der Waals surface area contributed by atoms with Gasteiger partial charge in [0.2, 0.25) is 10.9 Å². The maximum Gasteiger partial charge on any atom is 0.296 e. The number of benzene rings is 1. The number of hydrogen-bond acceptors (Lipinski definition) is 6. The fourth-order valence-corrected chi connectivity index (χ4v) is 2.19. The van der Waals surface area contributed by atoms with E-state index in [4.69, 9.17) is 9.11 Å². The Morgan fingerprint density at radius 2 is 1.17 bits per heavy atom. The number of aliphatic hydroxyl groups is 2. The lowest BCUT2D eigenvalue weighted by Gasteiger charge is -2.11. The summed E-state index contributed by atoms with van der Waals surface area (Å²) in [5.74, 6) is 0. The lowest BCUT2D eigenvalue weighted by Crippen LogP contribution is -2.14. The third kappa shape index (κ3) is 3.48. The number of hydrogen-bond donors (Lipinski definition) is 4. The molecular weight excluding hydrogens is 288 g/mol. The predicted molar refractivity (Wildman–Crippen MR) is 59.5 cm³/mol. The second-order valence-corrected chi connectivity index (χ2v) is 6.36. The van der Waals surface area contributed by atoms with Crippen molar-refractivity contribution in [1.82, 2.24) is 0 Å². The molecule has 0 saturated heterocycles. The van der Waals surface area contributed by atoms with Gasteiger partial charge in [0.1, 0.15) is 0 Å². The average molecular weight is 298 g/mol. The highest BCUT2D eigenvalue weighted by Crippen LogP contribution is 2.24. The van der Waals surface area contributed by atoms with Crippen LogP contribution in [-0.2, 0) is 20.2 Å². The van der Waals surface area contributed by atoms with E-state index in [1.807, 2.05) is 0 Å². The van der Waals surface area contributed by atoms with E-state index in [9.17, 15) is 27.0 Å². The lowest BCUT2D eigenvalue weighted by molar-refractivity contribution is 0.232. The molecule has 0 saturated carbocycles. The van der Waals surface area contributed by atoms with Gasteiger partial charge >= 0.3 is 0 Å². The summed E-state index contributed by atoms with van der Waals surface area (Å²) in [6.45, 7) is 0. The van der Waals surface area contributed by atoms with Gasteiger partial charge in [-0.05, 0) is 17.2 Å². The van der Waals surface area contributed by atoms with Gasteiger partial charge in [-0.25, -0.2) is 0 Å². The van der Waals surface area contributed by atoms with E-state index in [0.717, 1.165) is 24.3 Å². The minimum absolute atomic E-state index is 0.349. The largest absolute Gasteiger partial charge is 0.371 e. The Kier molecular flexibility index (Phi) is 4.10. The molecule has 4 N–H and O–H groups in total. The maximum absolute atomic E-state index is 10.7. The van der Waals surface area contributed by atoms with Crippen LogP contribution in [0.3, 0.4) is 0 Å². The smallest absolute Gasteiger partial charge is 0.296 e. The Bertz CT molecular complexity index is 580. The van der Waals surface area contributed by atoms with Crippen LogP contribution in [0.25, 0.3) is 0 Å². The Morgan fingerprint density at radius 1 is 0.833 bits per heavy atom. The van der Waals surface area contributed by atoms with E-state index >= 15 is 0 Å². The topological polar surface area (TPSA) is 149 Å². The Labute approximate surface area is 103 Å². The molecule has 1 aromatic rings. The molecule has 102 valence electrons. The third-order valence-electron chi connectivity index (χ3n) is 2.05. The summed E-state index contributed by atoms with van der Waals surface area (Å²) >= 11 is 0. The van der Waals surface area contributed by atoms with Crippen molar-refractivity contribution in [2.45, 2.75) is 10.9 Å². The zero-order valence-electron chi connectivity index (χ0n) is 8.70. The third-order valence-corrected chi connectivity index (χ3v) is 3.72. The molecule has 1 rings (SSSR count). The van der Waals surface area contributed by atoms with Gasteiger partial charge in [0.25, 0.3) is 20.2 Å². The second kappa shape index (κ2) is 4.91. The summed E-state index contributed by atoms with van der Waals surface area (Å²) in [5, 5.41) is 18.5. The molecule has 2 unspecified atom stereocenters. The second-order valence-electron chi connectivity index (χ2n) is 3.40. The Balaban J connectivity index is 3.23. The highest BCUT2D eigenvalue weighted by atomic mass is 32.2. The van der Waals surface area contributed by atoms with E-state index in [2.05, 4.69) is 0 Å². The van der Waals surface area contributed by atoms with Crippen molar-refractivity contribution < 1.29 is 36.2 Å². The van der Waals surface area contributed by atoms with Gasteiger partial charge < -0.3 is 10.2 Å². The molecule has 0 bridgehead atoms. The molecule has 0 spiro atoms. The first-order valence-electron chi connectivity index (χ1n) is 4.42. The molecule has 0 aliphatic carbocycles. The van der Waals surface area contributed by atoms with Crippen molar-refractivity contribution in [3.8, 4) is 0 Å². The maximum atomic E-state index is 10.7. The normalized spacial score (nSPS) is 16.2. The molecule has 0 fully saturated rings. The van der Waals surface area contributed by atoms with Crippen molar-refractivity contribution in [3.63, 3.8) is 0 Å². The standard InChI is InChI=1S/C8H10O8S2/c9-7(17(11,12)13)5-2-1-3-6(4-5)8(10)18(14,15)16/h1-4,7-10H,(H,11,12,13)(H,14,15,16). The molecule has 2 atom stereocenters. The zero-order chi connectivity index (χ0) is 14.1. The van der Waals surface area contributed by atoms with Gasteiger partial charge in [-0.3, -0.25) is 9.11 Å². The summed E-state index contributed by atoms with van der Waals surface area (Å²) in [5.41, 5.74) is -5.24. The molecule has 0 aromatic heterocycles. The minimum Gasteiger partial charge on any atom is -0.371 e. The monoisotopic (exact) mass is 298 g/mol. The van der Waals surface area contributed by atoms with Crippen molar-refractivity contribution in [2.24, 2.45) is 0 Å². The van der Waals surface area contributed by atoms with Gasteiger partial charge in [-0.1, -0.05) is 18.2 Å². The first kappa shape index (κ1) is 15.0. The van der Waals surface area contributed by atoms with Crippen molar-refractivity contribution in [3.05, 3.63) is 35.4 Å². The lowest BCUT2D eigenvalue weighted by atomic mass is 10.1. The molecule has 0 radical (unpaired) electrons. The van der Waals surface area contributed by atoms with Crippen LogP contribution in [0.1, 0.15) is 22.0 Å². The van der Waals surface area contributed by atoms with Gasteiger partial charge in [0.05, 0.1) is 0 Å². The summed E-state index contributed by atoms with van der Waals surface area (Å²) in [6, 6.07) is 4.17. The first-order chi connectivity index (χ1) is 8.03. The highest BCUT2D eigenvalue weighted by Gasteiger charge is 2.26. The van der Waals surface area contributed by atoms with Gasteiger partial charge in [-0.2, -0.15) is 16.8 Å². The average Bonchev–Trinajstić information content (AvgIpc) is 2.24. The van der Waals surface area contributed by atoms with Crippen molar-refractivity contribution in [2.75, 3.05) is 0 Å². The summed E-state index contributed by atoms with van der Waals surface area (Å²) in [4.78, 5) is 0. The van der Waals surface area contributed by atoms with E-state index in [-0.39, 0.29) is 11.1 Å². The SMILES string of the molecule is O=S(=O)(O)C(O)c1cccc(C(O)S(=O)(=O)O)c1. The zero-order valence-corrected chi connectivity index (χ0v) is 10.3. The summed E-state index contributed by atoms with van der Waals surface area (Å²) in [6.07, 6.45) is 0. The van der Waals surface area contributed by atoms with Crippen molar-refractivity contribution >= 4 is 20.2 Å². The van der Waals surface area contributed by atoms with Crippen LogP contribution in [0.15, 0.2) is 24.3 Å². The summed E-state index contributed by atoms with van der Waals surface area (Å²) < 4.78 is 60.0. The number of rotatable bonds is 4. The van der Waals surface area contributed by atoms with Crippen LogP contribution in [-0.4, -0.2) is 36.2 Å². The quantitative estimate of drug-likeness (QED) is 0.540. The van der Waals surface area contributed by atoms with Gasteiger partial charge in [0.15, 0.2) is 0 Å². The first-order valence-corrected chi connectivity index (χ1v) is 7.42. The molecule has 1 aromatic carbocycles.